The Balaban J connectivity index is 1.98. The molecule has 2 aliphatic rings. The van der Waals surface area contributed by atoms with Crippen molar-refractivity contribution in [3.63, 3.8) is 0 Å². The van der Waals surface area contributed by atoms with Crippen LogP contribution in [-0.2, 0) is 9.59 Å². The molecule has 0 spiro atoms. The highest BCUT2D eigenvalue weighted by Crippen LogP contribution is 2.34. The Kier molecular flexibility index (Phi) is 2.75. The lowest BCUT2D eigenvalue weighted by Crippen LogP contribution is -2.51. The largest absolute Gasteiger partial charge is 0.292 e. The number of imide groups is 1. The maximum absolute atomic E-state index is 12.6. The summed E-state index contributed by atoms with van der Waals surface area (Å²) in [5, 5.41) is 8.10. The number of anilines is 1. The summed E-state index contributed by atoms with van der Waals surface area (Å²) in [5.74, 6) is -0.505. The normalized spacial score (nSPS) is 25.6. The number of fused-ring (bicyclic) bond motifs is 1. The van der Waals surface area contributed by atoms with Crippen LogP contribution < -0.4 is 4.90 Å². The number of rotatable bonds is 2. The summed E-state index contributed by atoms with van der Waals surface area (Å²) in [6.45, 7) is 6.24. The molecule has 20 heavy (non-hydrogen) atoms. The molecule has 2 atom stereocenters. The lowest BCUT2D eigenvalue weighted by Gasteiger charge is -2.31. The van der Waals surface area contributed by atoms with Gasteiger partial charge in [0.05, 0.1) is 5.69 Å². The fourth-order valence-corrected chi connectivity index (χ4v) is 3.95. The molecule has 0 bridgehead atoms. The number of para-hydroxylation sites is 1. The molecule has 3 rings (SSSR count). The molecular formula is C13H16N4O2Si. The van der Waals surface area contributed by atoms with Gasteiger partial charge in [0.25, 0.3) is 11.8 Å². The fraction of sp³-hybridized carbons (Fsp3) is 0.385. The Morgan fingerprint density at radius 3 is 2.30 bits per heavy atom. The molecule has 0 N–H and O–H groups in total. The van der Waals surface area contributed by atoms with Crippen molar-refractivity contribution < 1.29 is 9.59 Å². The minimum atomic E-state index is -1.84. The van der Waals surface area contributed by atoms with E-state index in [-0.39, 0.29) is 11.8 Å². The Bertz CT molecular complexity index is 596. The van der Waals surface area contributed by atoms with Crippen molar-refractivity contribution in [2.24, 2.45) is 10.3 Å². The minimum Gasteiger partial charge on any atom is -0.292 e. The van der Waals surface area contributed by atoms with Crippen molar-refractivity contribution in [3.8, 4) is 0 Å². The van der Waals surface area contributed by atoms with E-state index in [0.29, 0.717) is 5.69 Å². The third kappa shape index (κ3) is 1.77. The number of hydrogen-bond donors (Lipinski definition) is 0. The predicted molar refractivity (Wildman–Crippen MR) is 76.6 cm³/mol. The van der Waals surface area contributed by atoms with E-state index in [1.165, 1.54) is 4.90 Å². The molecule has 1 aromatic rings. The first-order chi connectivity index (χ1) is 9.41. The molecule has 0 aromatic heterocycles. The number of hydrogen-bond acceptors (Lipinski definition) is 5. The first-order valence-electron chi connectivity index (χ1n) is 6.54. The lowest BCUT2D eigenvalue weighted by atomic mass is 10.2. The van der Waals surface area contributed by atoms with Gasteiger partial charge < -0.3 is 0 Å². The first-order valence-corrected chi connectivity index (χ1v) is 9.99. The third-order valence-corrected chi connectivity index (χ3v) is 5.23. The number of amides is 2. The molecule has 0 saturated carbocycles. The Morgan fingerprint density at radius 1 is 1.05 bits per heavy atom. The van der Waals surface area contributed by atoms with Gasteiger partial charge in [-0.15, -0.1) is 0 Å². The van der Waals surface area contributed by atoms with Gasteiger partial charge in [-0.25, -0.2) is 4.90 Å². The highest BCUT2D eigenvalue weighted by Gasteiger charge is 2.56. The van der Waals surface area contributed by atoms with Crippen LogP contribution >= 0.6 is 0 Å². The summed E-state index contributed by atoms with van der Waals surface area (Å²) in [7, 11) is -1.84. The van der Waals surface area contributed by atoms with Crippen LogP contribution in [0.5, 0.6) is 0 Å². The van der Waals surface area contributed by atoms with Crippen molar-refractivity contribution in [2.75, 3.05) is 4.90 Å². The van der Waals surface area contributed by atoms with Gasteiger partial charge in [-0.05, 0) is 12.1 Å². The molecular weight excluding hydrogens is 272 g/mol. The summed E-state index contributed by atoms with van der Waals surface area (Å²) in [5.41, 5.74) is 0.600. The average molecular weight is 288 g/mol. The molecule has 1 fully saturated rings. The molecule has 2 unspecified atom stereocenters. The van der Waals surface area contributed by atoms with E-state index in [9.17, 15) is 9.59 Å². The maximum atomic E-state index is 12.6. The van der Waals surface area contributed by atoms with Crippen molar-refractivity contribution >= 4 is 25.7 Å². The van der Waals surface area contributed by atoms with Crippen molar-refractivity contribution in [3.05, 3.63) is 30.3 Å². The van der Waals surface area contributed by atoms with E-state index in [1.54, 1.807) is 16.8 Å². The van der Waals surface area contributed by atoms with Crippen LogP contribution in [0.3, 0.4) is 0 Å². The van der Waals surface area contributed by atoms with Crippen LogP contribution in [0.1, 0.15) is 0 Å². The topological polar surface area (TPSA) is 65.3 Å². The number of nitrogens with zero attached hydrogens (tertiary/aromatic N) is 4. The highest BCUT2D eigenvalue weighted by molar-refractivity contribution is 6.73. The second-order valence-electron chi connectivity index (χ2n) is 5.96. The second-order valence-corrected chi connectivity index (χ2v) is 10.8. The van der Waals surface area contributed by atoms with E-state index in [0.717, 1.165) is 0 Å². The van der Waals surface area contributed by atoms with Crippen LogP contribution in [0.15, 0.2) is 40.7 Å². The average Bonchev–Trinajstić information content (AvgIpc) is 2.92. The Labute approximate surface area is 118 Å². The number of carbonyl (C=O) groups is 2. The Hall–Kier alpha value is -2.02. The van der Waals surface area contributed by atoms with Crippen LogP contribution in [0.4, 0.5) is 5.69 Å². The Morgan fingerprint density at radius 2 is 1.70 bits per heavy atom. The minimum absolute atomic E-state index is 0.223. The number of benzene rings is 1. The van der Waals surface area contributed by atoms with E-state index >= 15 is 0 Å². The summed E-state index contributed by atoms with van der Waals surface area (Å²) >= 11 is 0. The van der Waals surface area contributed by atoms with E-state index in [4.69, 9.17) is 0 Å². The molecule has 0 aliphatic carbocycles. The molecule has 2 heterocycles. The smallest absolute Gasteiger partial charge is 0.263 e. The molecule has 6 nitrogen and oxygen atoms in total. The lowest BCUT2D eigenvalue weighted by molar-refractivity contribution is -0.122. The fourth-order valence-electron chi connectivity index (χ4n) is 2.54. The van der Waals surface area contributed by atoms with Gasteiger partial charge in [0.15, 0.2) is 20.3 Å². The second kappa shape index (κ2) is 4.24. The van der Waals surface area contributed by atoms with Crippen molar-refractivity contribution in [1.29, 1.82) is 0 Å². The van der Waals surface area contributed by atoms with Gasteiger partial charge in [0, 0.05) is 0 Å². The van der Waals surface area contributed by atoms with Gasteiger partial charge in [-0.1, -0.05) is 43.1 Å². The van der Waals surface area contributed by atoms with Crippen molar-refractivity contribution in [1.82, 2.24) is 4.67 Å². The van der Waals surface area contributed by atoms with Gasteiger partial charge in [0.1, 0.15) is 0 Å². The zero-order valence-corrected chi connectivity index (χ0v) is 12.6. The standard InChI is InChI=1S/C13H16N4O2Si/c1-20(2,3)17-11-10(14-15-17)12(18)16(13(11)19)9-7-5-4-6-8-9/h4-8,10-11H,1-3H3. The molecule has 1 aromatic carbocycles. The summed E-state index contributed by atoms with van der Waals surface area (Å²) in [6, 6.07) is 7.73. The van der Waals surface area contributed by atoms with Crippen molar-refractivity contribution in [2.45, 2.75) is 31.7 Å². The summed E-state index contributed by atoms with van der Waals surface area (Å²) in [4.78, 5) is 26.3. The number of carbonyl (C=O) groups excluding carboxylic acids is 2. The first kappa shape index (κ1) is 13.0. The van der Waals surface area contributed by atoms with Crippen LogP contribution in [0, 0.1) is 0 Å². The van der Waals surface area contributed by atoms with Crippen LogP contribution in [0.2, 0.25) is 19.6 Å². The van der Waals surface area contributed by atoms with E-state index in [1.807, 2.05) is 18.2 Å². The molecule has 2 amide bonds. The zero-order chi connectivity index (χ0) is 14.5. The molecule has 104 valence electrons. The quantitative estimate of drug-likeness (QED) is 0.616. The summed E-state index contributed by atoms with van der Waals surface area (Å²) in [6.07, 6.45) is 0. The zero-order valence-electron chi connectivity index (χ0n) is 11.6. The third-order valence-electron chi connectivity index (χ3n) is 3.48. The van der Waals surface area contributed by atoms with Crippen LogP contribution in [0.25, 0.3) is 0 Å². The molecule has 2 aliphatic heterocycles. The van der Waals surface area contributed by atoms with Crippen LogP contribution in [-0.4, -0.2) is 36.8 Å². The van der Waals surface area contributed by atoms with E-state index in [2.05, 4.69) is 30.0 Å². The SMILES string of the molecule is C[Si](C)(C)N1N=NC2C(=O)N(c3ccccc3)C(=O)C21. The molecule has 1 saturated heterocycles. The monoisotopic (exact) mass is 288 g/mol. The maximum Gasteiger partial charge on any atom is 0.263 e. The van der Waals surface area contributed by atoms with Gasteiger partial charge in [-0.3, -0.25) is 14.3 Å². The van der Waals surface area contributed by atoms with Gasteiger partial charge >= 0.3 is 0 Å². The highest BCUT2D eigenvalue weighted by atomic mass is 28.3. The van der Waals surface area contributed by atoms with Gasteiger partial charge in [0.2, 0.25) is 0 Å². The summed E-state index contributed by atoms with van der Waals surface area (Å²) < 4.78 is 1.76. The van der Waals surface area contributed by atoms with Gasteiger partial charge in [-0.2, -0.15) is 5.11 Å². The van der Waals surface area contributed by atoms with E-state index < -0.39 is 20.3 Å². The molecule has 7 heteroatoms. The predicted octanol–water partition coefficient (Wildman–Crippen LogP) is 1.81. The molecule has 0 radical (unpaired) electrons.